The van der Waals surface area contributed by atoms with Crippen molar-refractivity contribution in [3.8, 4) is 0 Å². The highest BCUT2D eigenvalue weighted by atomic mass is 19.4. The van der Waals surface area contributed by atoms with E-state index in [1.165, 1.54) is 4.90 Å². The van der Waals surface area contributed by atoms with E-state index in [-0.39, 0.29) is 18.5 Å². The van der Waals surface area contributed by atoms with Crippen LogP contribution in [0, 0.1) is 5.92 Å². The Morgan fingerprint density at radius 3 is 1.95 bits per heavy atom. The fourth-order valence-corrected chi connectivity index (χ4v) is 2.94. The van der Waals surface area contributed by atoms with Gasteiger partial charge < -0.3 is 9.84 Å². The van der Waals surface area contributed by atoms with Gasteiger partial charge in [-0.3, -0.25) is 4.90 Å². The molecule has 1 heterocycles. The van der Waals surface area contributed by atoms with E-state index in [1.807, 2.05) is 13.8 Å². The first-order valence-electron chi connectivity index (χ1n) is 6.95. The Morgan fingerprint density at radius 2 is 1.65 bits per heavy atom. The number of rotatable bonds is 4. The number of halogens is 3. The third-order valence-electron chi connectivity index (χ3n) is 4.06. The third kappa shape index (κ3) is 4.09. The molecule has 0 aliphatic carbocycles. The van der Waals surface area contributed by atoms with Crippen LogP contribution in [0.3, 0.4) is 0 Å². The van der Waals surface area contributed by atoms with Crippen LogP contribution in [0.25, 0.3) is 0 Å². The number of hydrogen-bond acceptors (Lipinski definition) is 3. The highest BCUT2D eigenvalue weighted by Crippen LogP contribution is 2.42. The second kappa shape index (κ2) is 5.46. The number of aliphatic hydroxyl groups excluding tert-OH is 1. The predicted octanol–water partition coefficient (Wildman–Crippen LogP) is 2.82. The monoisotopic (exact) mass is 297 g/mol. The maximum absolute atomic E-state index is 12.6. The lowest BCUT2D eigenvalue weighted by molar-refractivity contribution is -0.153. The Hall–Kier alpha value is -0.330. The molecule has 0 radical (unpaired) electrons. The van der Waals surface area contributed by atoms with Crippen molar-refractivity contribution in [1.29, 1.82) is 0 Å². The summed E-state index contributed by atoms with van der Waals surface area (Å²) in [7, 11) is 0. The number of nitrogens with zero attached hydrogens (tertiary/aromatic N) is 1. The normalized spacial score (nSPS) is 29.4. The zero-order valence-electron chi connectivity index (χ0n) is 13.1. The maximum Gasteiger partial charge on any atom is 0.401 e. The minimum atomic E-state index is -4.24. The first kappa shape index (κ1) is 17.7. The van der Waals surface area contributed by atoms with Gasteiger partial charge >= 0.3 is 6.18 Å². The molecule has 0 aromatic heterocycles. The van der Waals surface area contributed by atoms with Gasteiger partial charge in [0.15, 0.2) is 0 Å². The molecular weight excluding hydrogens is 271 g/mol. The van der Waals surface area contributed by atoms with Gasteiger partial charge in [-0.1, -0.05) is 0 Å². The molecule has 1 rings (SSSR count). The van der Waals surface area contributed by atoms with Crippen LogP contribution in [0.1, 0.15) is 41.5 Å². The summed E-state index contributed by atoms with van der Waals surface area (Å²) in [5.74, 6) is -0.359. The second-order valence-corrected chi connectivity index (χ2v) is 7.00. The molecule has 1 saturated heterocycles. The van der Waals surface area contributed by atoms with E-state index in [2.05, 4.69) is 0 Å². The SMILES string of the molecule is CC(C)N(CC1C(O)C(C)(C)OC1(C)C)CC(F)(F)F. The molecule has 1 fully saturated rings. The van der Waals surface area contributed by atoms with E-state index >= 15 is 0 Å². The molecule has 20 heavy (non-hydrogen) atoms. The minimum absolute atomic E-state index is 0.161. The van der Waals surface area contributed by atoms with Gasteiger partial charge in [0.1, 0.15) is 0 Å². The molecule has 2 atom stereocenters. The van der Waals surface area contributed by atoms with Gasteiger partial charge in [-0.05, 0) is 41.5 Å². The molecule has 0 aromatic carbocycles. The van der Waals surface area contributed by atoms with Gasteiger partial charge in [-0.15, -0.1) is 0 Å². The Labute approximate surface area is 119 Å². The van der Waals surface area contributed by atoms with Gasteiger partial charge in [0.05, 0.1) is 23.9 Å². The van der Waals surface area contributed by atoms with E-state index in [0.717, 1.165) is 0 Å². The van der Waals surface area contributed by atoms with Crippen molar-refractivity contribution in [3.05, 3.63) is 0 Å². The Kier molecular flexibility index (Phi) is 4.84. The predicted molar refractivity (Wildman–Crippen MR) is 71.5 cm³/mol. The Bertz CT molecular complexity index is 340. The van der Waals surface area contributed by atoms with Gasteiger partial charge in [-0.25, -0.2) is 0 Å². The summed E-state index contributed by atoms with van der Waals surface area (Å²) in [5, 5.41) is 10.3. The largest absolute Gasteiger partial charge is 0.401 e. The summed E-state index contributed by atoms with van der Waals surface area (Å²) in [6.45, 7) is 9.83. The molecule has 1 aliphatic rings. The van der Waals surface area contributed by atoms with Crippen molar-refractivity contribution in [2.45, 2.75) is 71.1 Å². The van der Waals surface area contributed by atoms with E-state index in [4.69, 9.17) is 4.74 Å². The molecule has 0 saturated carbocycles. The van der Waals surface area contributed by atoms with Crippen molar-refractivity contribution in [3.63, 3.8) is 0 Å². The van der Waals surface area contributed by atoms with Crippen molar-refractivity contribution < 1.29 is 23.0 Å². The molecule has 3 nitrogen and oxygen atoms in total. The van der Waals surface area contributed by atoms with Crippen molar-refractivity contribution >= 4 is 0 Å². The van der Waals surface area contributed by atoms with E-state index in [1.54, 1.807) is 27.7 Å². The van der Waals surface area contributed by atoms with Gasteiger partial charge in [0.2, 0.25) is 0 Å². The summed E-state index contributed by atoms with van der Waals surface area (Å²) >= 11 is 0. The minimum Gasteiger partial charge on any atom is -0.390 e. The third-order valence-corrected chi connectivity index (χ3v) is 4.06. The smallest absolute Gasteiger partial charge is 0.390 e. The van der Waals surface area contributed by atoms with E-state index in [0.29, 0.717) is 0 Å². The zero-order valence-corrected chi connectivity index (χ0v) is 13.1. The summed E-state index contributed by atoms with van der Waals surface area (Å²) in [5.41, 5.74) is -1.39. The highest BCUT2D eigenvalue weighted by molar-refractivity contribution is 5.02. The summed E-state index contributed by atoms with van der Waals surface area (Å²) in [6, 6.07) is -0.247. The van der Waals surface area contributed by atoms with Crippen molar-refractivity contribution in [2.75, 3.05) is 13.1 Å². The van der Waals surface area contributed by atoms with Crippen LogP contribution in [0.2, 0.25) is 0 Å². The first-order chi connectivity index (χ1) is 8.76. The van der Waals surface area contributed by atoms with Gasteiger partial charge in [-0.2, -0.15) is 13.2 Å². The standard InChI is InChI=1S/C14H26F3NO2/c1-9(2)18(8-14(15,16)17)7-10-11(19)13(5,6)20-12(10,3)4/h9-11,19H,7-8H2,1-6H3. The summed E-state index contributed by atoms with van der Waals surface area (Å²) in [6.07, 6.45) is -5.03. The molecule has 0 amide bonds. The van der Waals surface area contributed by atoms with Crippen LogP contribution < -0.4 is 0 Å². The topological polar surface area (TPSA) is 32.7 Å². The molecule has 6 heteroatoms. The van der Waals surface area contributed by atoms with Crippen LogP contribution >= 0.6 is 0 Å². The number of hydrogen-bond donors (Lipinski definition) is 1. The second-order valence-electron chi connectivity index (χ2n) is 7.00. The average molecular weight is 297 g/mol. The van der Waals surface area contributed by atoms with Crippen LogP contribution in [-0.4, -0.2) is 52.6 Å². The molecule has 0 spiro atoms. The molecule has 2 unspecified atom stereocenters. The van der Waals surface area contributed by atoms with Gasteiger partial charge in [0, 0.05) is 18.5 Å². The fraction of sp³-hybridized carbons (Fsp3) is 1.00. The average Bonchev–Trinajstić information content (AvgIpc) is 2.32. The molecule has 0 aromatic rings. The lowest BCUT2D eigenvalue weighted by Crippen LogP contribution is -2.48. The molecular formula is C14H26F3NO2. The molecule has 0 bridgehead atoms. The van der Waals surface area contributed by atoms with Crippen molar-refractivity contribution in [1.82, 2.24) is 4.90 Å². The number of ether oxygens (including phenoxy) is 1. The van der Waals surface area contributed by atoms with E-state index < -0.39 is 30.0 Å². The Balaban J connectivity index is 2.88. The number of aliphatic hydroxyl groups is 1. The van der Waals surface area contributed by atoms with E-state index in [9.17, 15) is 18.3 Å². The Morgan fingerprint density at radius 1 is 1.15 bits per heavy atom. The quantitative estimate of drug-likeness (QED) is 0.866. The van der Waals surface area contributed by atoms with Crippen LogP contribution in [0.4, 0.5) is 13.2 Å². The van der Waals surface area contributed by atoms with Gasteiger partial charge in [0.25, 0.3) is 0 Å². The molecule has 1 aliphatic heterocycles. The lowest BCUT2D eigenvalue weighted by atomic mass is 9.84. The molecule has 1 N–H and O–H groups in total. The first-order valence-corrected chi connectivity index (χ1v) is 6.95. The van der Waals surface area contributed by atoms with Crippen LogP contribution in [0.5, 0.6) is 0 Å². The lowest BCUT2D eigenvalue weighted by Gasteiger charge is -2.35. The summed E-state index contributed by atoms with van der Waals surface area (Å²) < 4.78 is 43.8. The zero-order chi connectivity index (χ0) is 15.9. The van der Waals surface area contributed by atoms with Crippen LogP contribution in [-0.2, 0) is 4.74 Å². The molecule has 120 valence electrons. The number of alkyl halides is 3. The van der Waals surface area contributed by atoms with Crippen molar-refractivity contribution in [2.24, 2.45) is 5.92 Å². The maximum atomic E-state index is 12.6. The highest BCUT2D eigenvalue weighted by Gasteiger charge is 2.54. The summed E-state index contributed by atoms with van der Waals surface area (Å²) in [4.78, 5) is 1.35. The fourth-order valence-electron chi connectivity index (χ4n) is 2.94. The van der Waals surface area contributed by atoms with Crippen LogP contribution in [0.15, 0.2) is 0 Å².